The first-order valence-electron chi connectivity index (χ1n) is 10.0. The summed E-state index contributed by atoms with van der Waals surface area (Å²) in [4.78, 5) is 26.7. The van der Waals surface area contributed by atoms with Crippen LogP contribution in [0.1, 0.15) is 25.3 Å². The van der Waals surface area contributed by atoms with Crippen LogP contribution in [0.2, 0.25) is 0 Å². The molecule has 2 amide bonds. The van der Waals surface area contributed by atoms with E-state index in [-0.39, 0.29) is 43.4 Å². The van der Waals surface area contributed by atoms with Crippen molar-refractivity contribution < 1.29 is 22.4 Å². The SMILES string of the molecule is CNC(=O)[C@H](C)N(Cc1cccc(Br)c1)C(=O)CCCN(c1ccccc1F)S(C)(=O)=O. The molecular weight excluding hydrogens is 501 g/mol. The van der Waals surface area contributed by atoms with Crippen LogP contribution < -0.4 is 9.62 Å². The second kappa shape index (κ2) is 11.4. The minimum atomic E-state index is -3.75. The highest BCUT2D eigenvalue weighted by molar-refractivity contribution is 9.10. The maximum absolute atomic E-state index is 14.2. The van der Waals surface area contributed by atoms with Crippen LogP contribution in [0.5, 0.6) is 0 Å². The summed E-state index contributed by atoms with van der Waals surface area (Å²) in [6.07, 6.45) is 1.15. The van der Waals surface area contributed by atoms with E-state index < -0.39 is 21.9 Å². The van der Waals surface area contributed by atoms with Gasteiger partial charge in [-0.05, 0) is 43.2 Å². The fourth-order valence-corrected chi connectivity index (χ4v) is 4.67. The van der Waals surface area contributed by atoms with E-state index in [2.05, 4.69) is 21.2 Å². The number of amides is 2. The van der Waals surface area contributed by atoms with E-state index in [9.17, 15) is 22.4 Å². The molecular formula is C22H27BrFN3O4S. The second-order valence-electron chi connectivity index (χ2n) is 7.33. The Hall–Kier alpha value is -2.46. The number of rotatable bonds is 10. The molecule has 0 radical (unpaired) electrons. The maximum atomic E-state index is 14.2. The van der Waals surface area contributed by atoms with Gasteiger partial charge in [0.15, 0.2) is 0 Å². The Morgan fingerprint density at radius 3 is 2.44 bits per heavy atom. The molecule has 1 atom stereocenters. The molecule has 0 fully saturated rings. The van der Waals surface area contributed by atoms with Crippen LogP contribution in [0, 0.1) is 5.82 Å². The number of anilines is 1. The molecule has 0 heterocycles. The molecule has 10 heteroatoms. The third-order valence-electron chi connectivity index (χ3n) is 4.93. The highest BCUT2D eigenvalue weighted by Gasteiger charge is 2.26. The highest BCUT2D eigenvalue weighted by atomic mass is 79.9. The molecule has 0 bridgehead atoms. The molecule has 174 valence electrons. The zero-order valence-corrected chi connectivity index (χ0v) is 20.6. The van der Waals surface area contributed by atoms with Crippen molar-refractivity contribution >= 4 is 43.5 Å². The molecule has 0 saturated heterocycles. The van der Waals surface area contributed by atoms with E-state index in [0.717, 1.165) is 20.6 Å². The van der Waals surface area contributed by atoms with Gasteiger partial charge in [-0.3, -0.25) is 13.9 Å². The average molecular weight is 528 g/mol. The van der Waals surface area contributed by atoms with Crippen molar-refractivity contribution in [1.82, 2.24) is 10.2 Å². The number of sulfonamides is 1. The molecule has 0 aliphatic heterocycles. The fraction of sp³-hybridized carbons (Fsp3) is 0.364. The number of hydrogen-bond donors (Lipinski definition) is 1. The van der Waals surface area contributed by atoms with Crippen LogP contribution in [0.15, 0.2) is 53.0 Å². The van der Waals surface area contributed by atoms with Gasteiger partial charge in [0.2, 0.25) is 21.8 Å². The molecule has 0 saturated carbocycles. The van der Waals surface area contributed by atoms with Crippen LogP contribution >= 0.6 is 15.9 Å². The third-order valence-corrected chi connectivity index (χ3v) is 6.60. The number of para-hydroxylation sites is 1. The quantitative estimate of drug-likeness (QED) is 0.513. The Balaban J connectivity index is 2.15. The fourth-order valence-electron chi connectivity index (χ4n) is 3.26. The molecule has 1 N–H and O–H groups in total. The van der Waals surface area contributed by atoms with E-state index in [1.165, 1.54) is 30.1 Å². The van der Waals surface area contributed by atoms with Crippen LogP contribution in [0.25, 0.3) is 0 Å². The number of hydrogen-bond acceptors (Lipinski definition) is 4. The summed E-state index contributed by atoms with van der Waals surface area (Å²) in [6, 6.07) is 12.3. The molecule has 0 spiro atoms. The van der Waals surface area contributed by atoms with Crippen LogP contribution in [0.4, 0.5) is 10.1 Å². The summed E-state index contributed by atoms with van der Waals surface area (Å²) in [7, 11) is -2.25. The second-order valence-corrected chi connectivity index (χ2v) is 10.2. The number of nitrogens with one attached hydrogen (secondary N) is 1. The van der Waals surface area contributed by atoms with Crippen molar-refractivity contribution in [1.29, 1.82) is 0 Å². The average Bonchev–Trinajstić information content (AvgIpc) is 2.74. The van der Waals surface area contributed by atoms with Gasteiger partial charge in [0, 0.05) is 31.0 Å². The van der Waals surface area contributed by atoms with Gasteiger partial charge in [0.1, 0.15) is 11.9 Å². The number of carbonyl (C=O) groups excluding carboxylic acids is 2. The van der Waals surface area contributed by atoms with Crippen LogP contribution in [-0.2, 0) is 26.2 Å². The van der Waals surface area contributed by atoms with Crippen molar-refractivity contribution in [3.63, 3.8) is 0 Å². The lowest BCUT2D eigenvalue weighted by Gasteiger charge is -2.29. The van der Waals surface area contributed by atoms with Crippen molar-refractivity contribution in [3.05, 3.63) is 64.4 Å². The summed E-state index contributed by atoms with van der Waals surface area (Å²) in [5.41, 5.74) is 0.778. The van der Waals surface area contributed by atoms with Gasteiger partial charge < -0.3 is 10.2 Å². The molecule has 32 heavy (non-hydrogen) atoms. The predicted octanol–water partition coefficient (Wildman–Crippen LogP) is 3.30. The predicted molar refractivity (Wildman–Crippen MR) is 126 cm³/mol. The van der Waals surface area contributed by atoms with E-state index in [1.807, 2.05) is 24.3 Å². The maximum Gasteiger partial charge on any atom is 0.242 e. The Morgan fingerprint density at radius 1 is 1.16 bits per heavy atom. The molecule has 7 nitrogen and oxygen atoms in total. The number of benzene rings is 2. The molecule has 2 aromatic rings. The normalized spacial score (nSPS) is 12.2. The molecule has 2 aromatic carbocycles. The van der Waals surface area contributed by atoms with Crippen molar-refractivity contribution in [2.45, 2.75) is 32.4 Å². The molecule has 0 aromatic heterocycles. The van der Waals surface area contributed by atoms with E-state index in [0.29, 0.717) is 0 Å². The Morgan fingerprint density at radius 2 is 1.84 bits per heavy atom. The number of likely N-dealkylation sites (N-methyl/N-ethyl adjacent to an activating group) is 1. The largest absolute Gasteiger partial charge is 0.357 e. The molecule has 0 aliphatic carbocycles. The minimum absolute atomic E-state index is 0.00416. The van der Waals surface area contributed by atoms with Gasteiger partial charge in [-0.15, -0.1) is 0 Å². The van der Waals surface area contributed by atoms with Gasteiger partial charge in [0.25, 0.3) is 0 Å². The summed E-state index contributed by atoms with van der Waals surface area (Å²) in [5.74, 6) is -1.27. The highest BCUT2D eigenvalue weighted by Crippen LogP contribution is 2.22. The molecule has 0 aliphatic rings. The Labute approximate surface area is 196 Å². The van der Waals surface area contributed by atoms with Crippen molar-refractivity contribution in [3.8, 4) is 0 Å². The zero-order chi connectivity index (χ0) is 23.9. The van der Waals surface area contributed by atoms with E-state index >= 15 is 0 Å². The molecule has 0 unspecified atom stereocenters. The zero-order valence-electron chi connectivity index (χ0n) is 18.2. The third kappa shape index (κ3) is 7.03. The van der Waals surface area contributed by atoms with E-state index in [1.54, 1.807) is 13.0 Å². The Bertz CT molecular complexity index is 1060. The molecule has 2 rings (SSSR count). The topological polar surface area (TPSA) is 86.8 Å². The lowest BCUT2D eigenvalue weighted by Crippen LogP contribution is -2.46. The van der Waals surface area contributed by atoms with Crippen LogP contribution in [0.3, 0.4) is 0 Å². The summed E-state index contributed by atoms with van der Waals surface area (Å²) in [5, 5.41) is 2.55. The van der Waals surface area contributed by atoms with E-state index in [4.69, 9.17) is 0 Å². The van der Waals surface area contributed by atoms with Gasteiger partial charge in [-0.1, -0.05) is 40.2 Å². The number of halogens is 2. The van der Waals surface area contributed by atoms with Crippen molar-refractivity contribution in [2.24, 2.45) is 0 Å². The van der Waals surface area contributed by atoms with Crippen molar-refractivity contribution in [2.75, 3.05) is 24.2 Å². The minimum Gasteiger partial charge on any atom is -0.357 e. The lowest BCUT2D eigenvalue weighted by atomic mass is 10.1. The summed E-state index contributed by atoms with van der Waals surface area (Å²) < 4.78 is 40.4. The monoisotopic (exact) mass is 527 g/mol. The van der Waals surface area contributed by atoms with Gasteiger partial charge in [-0.25, -0.2) is 12.8 Å². The summed E-state index contributed by atoms with van der Waals surface area (Å²) in [6.45, 7) is 1.79. The Kier molecular flexibility index (Phi) is 9.21. The lowest BCUT2D eigenvalue weighted by molar-refractivity contribution is -0.140. The summed E-state index contributed by atoms with van der Waals surface area (Å²) >= 11 is 3.40. The number of nitrogens with zero attached hydrogens (tertiary/aromatic N) is 2. The van der Waals surface area contributed by atoms with Gasteiger partial charge in [-0.2, -0.15) is 0 Å². The van der Waals surface area contributed by atoms with Gasteiger partial charge >= 0.3 is 0 Å². The first-order chi connectivity index (χ1) is 15.0. The van der Waals surface area contributed by atoms with Gasteiger partial charge in [0.05, 0.1) is 11.9 Å². The first kappa shape index (κ1) is 25.8. The smallest absolute Gasteiger partial charge is 0.242 e. The number of carbonyl (C=O) groups is 2. The van der Waals surface area contributed by atoms with Crippen LogP contribution in [-0.4, -0.2) is 51.0 Å². The standard InChI is InChI=1S/C22H27BrFN3O4S/c1-16(22(29)25-2)26(15-17-8-6-9-18(23)14-17)21(28)12-7-13-27(32(3,30)31)20-11-5-4-10-19(20)24/h4-6,8-11,14,16H,7,12-13,15H2,1-3H3,(H,25,29)/t16-/m0/s1. The first-order valence-corrected chi connectivity index (χ1v) is 12.7.